The minimum atomic E-state index is -4.62. The molecule has 0 saturated heterocycles. The van der Waals surface area contributed by atoms with Gasteiger partial charge in [-0.15, -0.1) is 0 Å². The average molecular weight is 396 g/mol. The molecule has 0 fully saturated rings. The zero-order chi connectivity index (χ0) is 20.7. The number of amides is 2. The van der Waals surface area contributed by atoms with Gasteiger partial charge in [-0.2, -0.15) is 18.2 Å². The van der Waals surface area contributed by atoms with Crippen LogP contribution in [0, 0.1) is 0 Å². The van der Waals surface area contributed by atoms with Crippen LogP contribution in [0.2, 0.25) is 0 Å². The minimum absolute atomic E-state index is 0.0517. The monoisotopic (exact) mass is 396 g/mol. The van der Waals surface area contributed by atoms with Crippen LogP contribution in [-0.2, 0) is 11.0 Å². The summed E-state index contributed by atoms with van der Waals surface area (Å²) in [6.07, 6.45) is -3.52. The molecule has 0 unspecified atom stereocenters. The number of hydrogen-bond acceptors (Lipinski definition) is 6. The number of carbonyl (C=O) groups is 2. The van der Waals surface area contributed by atoms with Crippen LogP contribution >= 0.6 is 0 Å². The van der Waals surface area contributed by atoms with Crippen LogP contribution in [0.25, 0.3) is 0 Å². The SMILES string of the molecule is CC(=O)NCCCNc1nc(Nc2ccc(C(N)=O)cc2)ncc1C(F)(F)F. The standard InChI is InChI=1S/C17H19F3N6O2/c1-10(27)22-7-2-8-23-15-13(17(18,19)20)9-24-16(26-15)25-12-5-3-11(4-6-12)14(21)28/h3-6,9H,2,7-8H2,1H3,(H2,21,28)(H,22,27)(H2,23,24,25,26). The summed E-state index contributed by atoms with van der Waals surface area (Å²) in [5.74, 6) is -1.24. The molecule has 0 bridgehead atoms. The van der Waals surface area contributed by atoms with Gasteiger partial charge in [0.05, 0.1) is 0 Å². The van der Waals surface area contributed by atoms with Crippen molar-refractivity contribution in [3.63, 3.8) is 0 Å². The molecule has 0 aliphatic carbocycles. The van der Waals surface area contributed by atoms with Crippen molar-refractivity contribution in [2.24, 2.45) is 5.73 Å². The first-order valence-electron chi connectivity index (χ1n) is 8.26. The lowest BCUT2D eigenvalue weighted by Gasteiger charge is -2.15. The highest BCUT2D eigenvalue weighted by Gasteiger charge is 2.35. The topological polar surface area (TPSA) is 122 Å². The number of alkyl halides is 3. The van der Waals surface area contributed by atoms with Gasteiger partial charge in [0.1, 0.15) is 11.4 Å². The number of nitrogens with zero attached hydrogens (tertiary/aromatic N) is 2. The van der Waals surface area contributed by atoms with Gasteiger partial charge in [0, 0.05) is 37.5 Å². The second kappa shape index (κ2) is 9.02. The van der Waals surface area contributed by atoms with Crippen LogP contribution in [0.4, 0.5) is 30.6 Å². The number of nitrogens with two attached hydrogens (primary N) is 1. The Morgan fingerprint density at radius 2 is 1.82 bits per heavy atom. The number of aromatic nitrogens is 2. The number of halogens is 3. The lowest BCUT2D eigenvalue weighted by Crippen LogP contribution is -2.23. The Bertz CT molecular complexity index is 840. The number of benzene rings is 1. The van der Waals surface area contributed by atoms with E-state index in [1.807, 2.05) is 0 Å². The fourth-order valence-corrected chi connectivity index (χ4v) is 2.19. The third-order valence-electron chi connectivity index (χ3n) is 3.54. The van der Waals surface area contributed by atoms with E-state index < -0.39 is 17.6 Å². The summed E-state index contributed by atoms with van der Waals surface area (Å²) in [5.41, 5.74) is 4.92. The third-order valence-corrected chi connectivity index (χ3v) is 3.54. The number of anilines is 3. The maximum Gasteiger partial charge on any atom is 0.421 e. The lowest BCUT2D eigenvalue weighted by atomic mass is 10.2. The highest BCUT2D eigenvalue weighted by Crippen LogP contribution is 2.34. The third kappa shape index (κ3) is 6.11. The predicted octanol–water partition coefficient (Wildman–Crippen LogP) is 2.28. The first kappa shape index (κ1) is 20.9. The summed E-state index contributed by atoms with van der Waals surface area (Å²) in [5, 5.41) is 7.94. The maximum absolute atomic E-state index is 13.2. The fourth-order valence-electron chi connectivity index (χ4n) is 2.19. The summed E-state index contributed by atoms with van der Waals surface area (Å²) >= 11 is 0. The molecule has 5 N–H and O–H groups in total. The number of nitrogens with one attached hydrogen (secondary N) is 3. The van der Waals surface area contributed by atoms with Gasteiger partial charge in [-0.25, -0.2) is 4.98 Å². The van der Waals surface area contributed by atoms with E-state index in [-0.39, 0.29) is 24.2 Å². The lowest BCUT2D eigenvalue weighted by molar-refractivity contribution is -0.137. The molecule has 11 heteroatoms. The minimum Gasteiger partial charge on any atom is -0.369 e. The molecule has 0 saturated carbocycles. The summed E-state index contributed by atoms with van der Waals surface area (Å²) in [4.78, 5) is 29.5. The van der Waals surface area contributed by atoms with Gasteiger partial charge in [0.15, 0.2) is 0 Å². The summed E-state index contributed by atoms with van der Waals surface area (Å²) in [7, 11) is 0. The summed E-state index contributed by atoms with van der Waals surface area (Å²) < 4.78 is 39.5. The molecule has 1 aromatic carbocycles. The van der Waals surface area contributed by atoms with E-state index in [0.29, 0.717) is 30.4 Å². The number of primary amides is 1. The Labute approximate surface area is 158 Å². The van der Waals surface area contributed by atoms with Crippen LogP contribution < -0.4 is 21.7 Å². The zero-order valence-corrected chi connectivity index (χ0v) is 14.9. The van der Waals surface area contributed by atoms with E-state index in [2.05, 4.69) is 25.9 Å². The quantitative estimate of drug-likeness (QED) is 0.508. The Balaban J connectivity index is 2.12. The largest absolute Gasteiger partial charge is 0.421 e. The van der Waals surface area contributed by atoms with Crippen molar-refractivity contribution in [2.75, 3.05) is 23.7 Å². The van der Waals surface area contributed by atoms with Crippen LogP contribution in [0.1, 0.15) is 29.3 Å². The predicted molar refractivity (Wildman–Crippen MR) is 97.1 cm³/mol. The van der Waals surface area contributed by atoms with Crippen LogP contribution in [0.5, 0.6) is 0 Å². The van der Waals surface area contributed by atoms with E-state index >= 15 is 0 Å². The second-order valence-electron chi connectivity index (χ2n) is 5.78. The summed E-state index contributed by atoms with van der Waals surface area (Å²) in [6.45, 7) is 1.85. The molecule has 1 heterocycles. The van der Waals surface area contributed by atoms with Gasteiger partial charge in [-0.1, -0.05) is 0 Å². The first-order chi connectivity index (χ1) is 13.2. The molecule has 0 spiro atoms. The van der Waals surface area contributed by atoms with Gasteiger partial charge < -0.3 is 21.7 Å². The molecule has 0 aliphatic heterocycles. The average Bonchev–Trinajstić information content (AvgIpc) is 2.61. The molecule has 28 heavy (non-hydrogen) atoms. The number of hydrogen-bond donors (Lipinski definition) is 4. The van der Waals surface area contributed by atoms with Crippen molar-refractivity contribution in [1.82, 2.24) is 15.3 Å². The Kier molecular flexibility index (Phi) is 6.74. The van der Waals surface area contributed by atoms with E-state index in [1.54, 1.807) is 0 Å². The zero-order valence-electron chi connectivity index (χ0n) is 14.9. The van der Waals surface area contributed by atoms with Gasteiger partial charge in [0.2, 0.25) is 17.8 Å². The van der Waals surface area contributed by atoms with Crippen molar-refractivity contribution < 1.29 is 22.8 Å². The van der Waals surface area contributed by atoms with Crippen molar-refractivity contribution in [3.05, 3.63) is 41.6 Å². The molecular formula is C17H19F3N6O2. The van der Waals surface area contributed by atoms with Crippen molar-refractivity contribution >= 4 is 29.3 Å². The highest BCUT2D eigenvalue weighted by molar-refractivity contribution is 5.93. The molecule has 150 valence electrons. The Hall–Kier alpha value is -3.37. The molecule has 2 rings (SSSR count). The van der Waals surface area contributed by atoms with Crippen molar-refractivity contribution in [3.8, 4) is 0 Å². The maximum atomic E-state index is 13.2. The molecule has 8 nitrogen and oxygen atoms in total. The van der Waals surface area contributed by atoms with Crippen LogP contribution in [0.3, 0.4) is 0 Å². The molecule has 2 amide bonds. The number of carbonyl (C=O) groups excluding carboxylic acids is 2. The van der Waals surface area contributed by atoms with E-state index in [9.17, 15) is 22.8 Å². The van der Waals surface area contributed by atoms with Gasteiger partial charge in [-0.05, 0) is 30.7 Å². The first-order valence-corrected chi connectivity index (χ1v) is 8.26. The van der Waals surface area contributed by atoms with Crippen molar-refractivity contribution in [2.45, 2.75) is 19.5 Å². The smallest absolute Gasteiger partial charge is 0.369 e. The van der Waals surface area contributed by atoms with E-state index in [4.69, 9.17) is 5.73 Å². The van der Waals surface area contributed by atoms with Crippen molar-refractivity contribution in [1.29, 1.82) is 0 Å². The van der Waals surface area contributed by atoms with E-state index in [0.717, 1.165) is 0 Å². The summed E-state index contributed by atoms with van der Waals surface area (Å²) in [6, 6.07) is 6.00. The van der Waals surface area contributed by atoms with Crippen LogP contribution in [-0.4, -0.2) is 34.9 Å². The Morgan fingerprint density at radius 1 is 1.14 bits per heavy atom. The van der Waals surface area contributed by atoms with Gasteiger partial charge in [-0.3, -0.25) is 9.59 Å². The highest BCUT2D eigenvalue weighted by atomic mass is 19.4. The normalized spacial score (nSPS) is 11.0. The molecule has 2 aromatic rings. The molecule has 0 radical (unpaired) electrons. The molecule has 0 aliphatic rings. The Morgan fingerprint density at radius 3 is 2.39 bits per heavy atom. The molecule has 0 atom stereocenters. The number of rotatable bonds is 8. The fraction of sp³-hybridized carbons (Fsp3) is 0.294. The molecular weight excluding hydrogens is 377 g/mol. The second-order valence-corrected chi connectivity index (χ2v) is 5.78. The van der Waals surface area contributed by atoms with Crippen LogP contribution in [0.15, 0.2) is 30.5 Å². The molecule has 1 aromatic heterocycles. The van der Waals surface area contributed by atoms with Gasteiger partial charge >= 0.3 is 6.18 Å². The van der Waals surface area contributed by atoms with Gasteiger partial charge in [0.25, 0.3) is 0 Å². The van der Waals surface area contributed by atoms with E-state index in [1.165, 1.54) is 31.2 Å².